The third-order valence-corrected chi connectivity index (χ3v) is 4.36. The number of nitrogens with one attached hydrogen (secondary N) is 1. The van der Waals surface area contributed by atoms with E-state index in [1.54, 1.807) is 23.2 Å². The summed E-state index contributed by atoms with van der Waals surface area (Å²) in [7, 11) is 0. The number of hydrogen-bond acceptors (Lipinski definition) is 5. The van der Waals surface area contributed by atoms with Crippen LogP contribution in [0.4, 0.5) is 0 Å². The quantitative estimate of drug-likeness (QED) is 0.507. The van der Waals surface area contributed by atoms with Crippen LogP contribution in [0.3, 0.4) is 0 Å². The van der Waals surface area contributed by atoms with E-state index in [2.05, 4.69) is 58.4 Å². The summed E-state index contributed by atoms with van der Waals surface area (Å²) in [4.78, 5) is 8.90. The molecule has 0 amide bonds. The van der Waals surface area contributed by atoms with Gasteiger partial charge in [-0.3, -0.25) is 9.78 Å². The highest BCUT2D eigenvalue weighted by Gasteiger charge is 2.11. The number of H-pyrrole nitrogens is 1. The van der Waals surface area contributed by atoms with Crippen LogP contribution in [0.2, 0.25) is 0 Å². The molecule has 0 bridgehead atoms. The Morgan fingerprint density at radius 1 is 1.12 bits per heavy atom. The SMILES string of the molecule is Brc1cnn(Cc2ccc(-c3nc4c5cn[nH]c5ncn4n3)cc2)c1. The van der Waals surface area contributed by atoms with E-state index in [0.29, 0.717) is 18.0 Å². The van der Waals surface area contributed by atoms with Crippen LogP contribution < -0.4 is 0 Å². The highest BCUT2D eigenvalue weighted by molar-refractivity contribution is 9.10. The monoisotopic (exact) mass is 394 g/mol. The van der Waals surface area contributed by atoms with E-state index in [0.717, 1.165) is 26.6 Å². The molecule has 25 heavy (non-hydrogen) atoms. The van der Waals surface area contributed by atoms with E-state index in [-0.39, 0.29) is 0 Å². The molecular formula is C16H11BrN8. The zero-order chi connectivity index (χ0) is 16.8. The lowest BCUT2D eigenvalue weighted by Crippen LogP contribution is -1.99. The predicted octanol–water partition coefficient (Wildman–Crippen LogP) is 2.67. The molecule has 0 saturated heterocycles. The summed E-state index contributed by atoms with van der Waals surface area (Å²) < 4.78 is 4.52. The van der Waals surface area contributed by atoms with Gasteiger partial charge in [-0.2, -0.15) is 10.2 Å². The van der Waals surface area contributed by atoms with E-state index in [1.807, 2.05) is 23.0 Å². The Morgan fingerprint density at radius 3 is 2.80 bits per heavy atom. The zero-order valence-electron chi connectivity index (χ0n) is 12.8. The van der Waals surface area contributed by atoms with Crippen molar-refractivity contribution in [1.82, 2.24) is 39.6 Å². The summed E-state index contributed by atoms with van der Waals surface area (Å²) in [5.74, 6) is 0.656. The van der Waals surface area contributed by atoms with Crippen molar-refractivity contribution in [2.24, 2.45) is 0 Å². The lowest BCUT2D eigenvalue weighted by molar-refractivity contribution is 0.686. The fourth-order valence-corrected chi connectivity index (χ4v) is 3.06. The Morgan fingerprint density at radius 2 is 2.00 bits per heavy atom. The van der Waals surface area contributed by atoms with E-state index < -0.39 is 0 Å². The minimum Gasteiger partial charge on any atom is -0.267 e. The number of aromatic amines is 1. The second kappa shape index (κ2) is 5.49. The van der Waals surface area contributed by atoms with Crippen LogP contribution in [0.5, 0.6) is 0 Å². The highest BCUT2D eigenvalue weighted by atomic mass is 79.9. The minimum absolute atomic E-state index is 0.656. The van der Waals surface area contributed by atoms with Crippen molar-refractivity contribution in [1.29, 1.82) is 0 Å². The Hall–Kier alpha value is -3.07. The number of rotatable bonds is 3. The largest absolute Gasteiger partial charge is 0.267 e. The molecule has 0 aliphatic rings. The Balaban J connectivity index is 1.49. The van der Waals surface area contributed by atoms with Crippen LogP contribution in [0.1, 0.15) is 5.56 Å². The number of hydrogen-bond donors (Lipinski definition) is 1. The molecule has 0 aliphatic heterocycles. The molecule has 9 heteroatoms. The van der Waals surface area contributed by atoms with Gasteiger partial charge in [-0.05, 0) is 21.5 Å². The molecule has 4 heterocycles. The maximum atomic E-state index is 4.63. The van der Waals surface area contributed by atoms with Crippen LogP contribution in [-0.4, -0.2) is 39.6 Å². The van der Waals surface area contributed by atoms with Gasteiger partial charge in [-0.1, -0.05) is 24.3 Å². The van der Waals surface area contributed by atoms with Crippen molar-refractivity contribution < 1.29 is 0 Å². The number of halogens is 1. The third-order valence-electron chi connectivity index (χ3n) is 3.95. The van der Waals surface area contributed by atoms with Gasteiger partial charge in [0.15, 0.2) is 17.1 Å². The van der Waals surface area contributed by atoms with Crippen LogP contribution in [-0.2, 0) is 6.54 Å². The van der Waals surface area contributed by atoms with E-state index >= 15 is 0 Å². The topological polar surface area (TPSA) is 89.6 Å². The maximum absolute atomic E-state index is 4.63. The van der Waals surface area contributed by atoms with Gasteiger partial charge < -0.3 is 0 Å². The van der Waals surface area contributed by atoms with E-state index in [9.17, 15) is 0 Å². The van der Waals surface area contributed by atoms with Gasteiger partial charge in [-0.25, -0.2) is 14.5 Å². The van der Waals surface area contributed by atoms with Crippen LogP contribution >= 0.6 is 15.9 Å². The first kappa shape index (κ1) is 14.3. The first-order valence-corrected chi connectivity index (χ1v) is 8.37. The average molecular weight is 395 g/mol. The van der Waals surface area contributed by atoms with Crippen LogP contribution in [0, 0.1) is 0 Å². The number of nitrogens with zero attached hydrogens (tertiary/aromatic N) is 7. The minimum atomic E-state index is 0.656. The summed E-state index contributed by atoms with van der Waals surface area (Å²) in [5, 5.41) is 16.5. The fourth-order valence-electron chi connectivity index (χ4n) is 2.73. The van der Waals surface area contributed by atoms with Gasteiger partial charge in [0.25, 0.3) is 0 Å². The van der Waals surface area contributed by atoms with Gasteiger partial charge >= 0.3 is 0 Å². The summed E-state index contributed by atoms with van der Waals surface area (Å²) in [6.45, 7) is 0.712. The van der Waals surface area contributed by atoms with Gasteiger partial charge in [0, 0.05) is 11.8 Å². The summed E-state index contributed by atoms with van der Waals surface area (Å²) >= 11 is 3.40. The molecule has 0 radical (unpaired) electrons. The third kappa shape index (κ3) is 2.49. The first-order chi connectivity index (χ1) is 12.3. The van der Waals surface area contributed by atoms with E-state index in [1.165, 1.54) is 0 Å². The predicted molar refractivity (Wildman–Crippen MR) is 94.9 cm³/mol. The molecule has 8 nitrogen and oxygen atoms in total. The molecular weight excluding hydrogens is 384 g/mol. The lowest BCUT2D eigenvalue weighted by Gasteiger charge is -2.02. The van der Waals surface area contributed by atoms with E-state index in [4.69, 9.17) is 0 Å². The van der Waals surface area contributed by atoms with Gasteiger partial charge in [0.1, 0.15) is 6.33 Å². The molecule has 5 aromatic rings. The Labute approximate surface area is 149 Å². The molecule has 5 rings (SSSR count). The highest BCUT2D eigenvalue weighted by Crippen LogP contribution is 2.20. The number of fused-ring (bicyclic) bond motifs is 3. The molecule has 0 fully saturated rings. The second-order valence-electron chi connectivity index (χ2n) is 5.63. The molecule has 0 saturated carbocycles. The van der Waals surface area contributed by atoms with Crippen molar-refractivity contribution in [2.45, 2.75) is 6.54 Å². The molecule has 0 aliphatic carbocycles. The maximum Gasteiger partial charge on any atom is 0.182 e. The van der Waals surface area contributed by atoms with Crippen molar-refractivity contribution in [3.63, 3.8) is 0 Å². The lowest BCUT2D eigenvalue weighted by atomic mass is 10.1. The molecule has 1 N–H and O–H groups in total. The second-order valence-corrected chi connectivity index (χ2v) is 6.55. The summed E-state index contributed by atoms with van der Waals surface area (Å²) in [6, 6.07) is 8.15. The fraction of sp³-hybridized carbons (Fsp3) is 0.0625. The van der Waals surface area contributed by atoms with Crippen molar-refractivity contribution >= 4 is 32.6 Å². The first-order valence-electron chi connectivity index (χ1n) is 7.58. The van der Waals surface area contributed by atoms with Crippen molar-refractivity contribution in [2.75, 3.05) is 0 Å². The van der Waals surface area contributed by atoms with Crippen LogP contribution in [0.25, 0.3) is 28.1 Å². The van der Waals surface area contributed by atoms with Crippen molar-refractivity contribution in [3.05, 3.63) is 59.2 Å². The molecule has 0 atom stereocenters. The Kier molecular flexibility index (Phi) is 3.14. The molecule has 1 aromatic carbocycles. The van der Waals surface area contributed by atoms with Gasteiger partial charge in [-0.15, -0.1) is 5.10 Å². The number of benzene rings is 1. The summed E-state index contributed by atoms with van der Waals surface area (Å²) in [5.41, 5.74) is 3.54. The van der Waals surface area contributed by atoms with Crippen molar-refractivity contribution in [3.8, 4) is 11.4 Å². The molecule has 4 aromatic heterocycles. The summed E-state index contributed by atoms with van der Waals surface area (Å²) in [6.07, 6.45) is 7.07. The average Bonchev–Trinajstić information content (AvgIpc) is 3.33. The smallest absolute Gasteiger partial charge is 0.182 e. The molecule has 0 spiro atoms. The Bertz CT molecular complexity index is 1180. The zero-order valence-corrected chi connectivity index (χ0v) is 14.4. The van der Waals surface area contributed by atoms with Gasteiger partial charge in [0.05, 0.1) is 28.8 Å². The standard InChI is InChI=1S/C16H11BrN8/c17-12-5-20-24(8-12)7-10-1-3-11(4-2-10)14-21-16-13-6-19-22-15(13)18-9-25(16)23-14/h1-6,8-9H,7H2,(H,19,22). The molecule has 122 valence electrons. The normalized spacial score (nSPS) is 11.6. The van der Waals surface area contributed by atoms with Gasteiger partial charge in [0.2, 0.25) is 0 Å². The number of aromatic nitrogens is 8. The van der Waals surface area contributed by atoms with Crippen LogP contribution in [0.15, 0.2) is 53.7 Å². The molecule has 0 unspecified atom stereocenters.